The summed E-state index contributed by atoms with van der Waals surface area (Å²) in [5, 5.41) is 0. The molecule has 0 N–H and O–H groups in total. The van der Waals surface area contributed by atoms with E-state index < -0.39 is 0 Å². The molecule has 0 saturated carbocycles. The molecule has 0 aliphatic carbocycles. The van der Waals surface area contributed by atoms with Crippen molar-refractivity contribution in [2.75, 3.05) is 40.3 Å². The molecule has 0 amide bonds. The molecule has 0 radical (unpaired) electrons. The summed E-state index contributed by atoms with van der Waals surface area (Å²) >= 11 is 0. The molecular formula is C12H26N2. The Morgan fingerprint density at radius 1 is 1.14 bits per heavy atom. The number of nitrogens with zero attached hydrogens (tertiary/aromatic N) is 2. The Morgan fingerprint density at radius 2 is 1.71 bits per heavy atom. The summed E-state index contributed by atoms with van der Waals surface area (Å²) in [6, 6.07) is 0. The van der Waals surface area contributed by atoms with Gasteiger partial charge in [-0.3, -0.25) is 0 Å². The van der Waals surface area contributed by atoms with Crippen LogP contribution in [-0.4, -0.2) is 50.1 Å². The van der Waals surface area contributed by atoms with Crippen LogP contribution in [0.25, 0.3) is 0 Å². The Kier molecular flexibility index (Phi) is 4.90. The molecule has 84 valence electrons. The van der Waals surface area contributed by atoms with E-state index >= 15 is 0 Å². The van der Waals surface area contributed by atoms with Crippen LogP contribution in [0.4, 0.5) is 0 Å². The Bertz CT molecular complexity index is 146. The first-order valence-corrected chi connectivity index (χ1v) is 5.95. The SMILES string of the molecule is CC1CC(C)CN(CCCN(C)C)C1. The molecule has 0 aromatic rings. The number of piperidine rings is 1. The number of likely N-dealkylation sites (tertiary alicyclic amines) is 1. The van der Waals surface area contributed by atoms with E-state index in [2.05, 4.69) is 37.7 Å². The highest BCUT2D eigenvalue weighted by Crippen LogP contribution is 2.20. The third kappa shape index (κ3) is 4.43. The van der Waals surface area contributed by atoms with E-state index in [-0.39, 0.29) is 0 Å². The molecular weight excluding hydrogens is 172 g/mol. The summed E-state index contributed by atoms with van der Waals surface area (Å²) in [6.45, 7) is 9.91. The molecule has 1 saturated heterocycles. The lowest BCUT2D eigenvalue weighted by Gasteiger charge is -2.35. The first kappa shape index (κ1) is 12.0. The maximum absolute atomic E-state index is 2.64. The van der Waals surface area contributed by atoms with Crippen molar-refractivity contribution in [1.82, 2.24) is 9.80 Å². The fourth-order valence-corrected chi connectivity index (χ4v) is 2.59. The van der Waals surface area contributed by atoms with E-state index in [4.69, 9.17) is 0 Å². The molecule has 0 spiro atoms. The first-order chi connectivity index (χ1) is 6.58. The molecule has 2 atom stereocenters. The third-order valence-electron chi connectivity index (χ3n) is 3.02. The highest BCUT2D eigenvalue weighted by atomic mass is 15.1. The minimum absolute atomic E-state index is 0.901. The van der Waals surface area contributed by atoms with Crippen molar-refractivity contribution < 1.29 is 0 Å². The number of rotatable bonds is 4. The molecule has 0 aromatic heterocycles. The highest BCUT2D eigenvalue weighted by molar-refractivity contribution is 4.74. The van der Waals surface area contributed by atoms with Gasteiger partial charge in [-0.15, -0.1) is 0 Å². The van der Waals surface area contributed by atoms with Crippen LogP contribution in [0.15, 0.2) is 0 Å². The molecule has 2 heteroatoms. The van der Waals surface area contributed by atoms with Gasteiger partial charge >= 0.3 is 0 Å². The summed E-state index contributed by atoms with van der Waals surface area (Å²) in [7, 11) is 4.31. The van der Waals surface area contributed by atoms with E-state index in [0.717, 1.165) is 11.8 Å². The van der Waals surface area contributed by atoms with E-state index in [1.54, 1.807) is 0 Å². The second-order valence-electron chi connectivity index (χ2n) is 5.36. The van der Waals surface area contributed by atoms with Gasteiger partial charge in [0.1, 0.15) is 0 Å². The van der Waals surface area contributed by atoms with Gasteiger partial charge in [0.05, 0.1) is 0 Å². The predicted molar refractivity (Wildman–Crippen MR) is 62.6 cm³/mol. The summed E-state index contributed by atoms with van der Waals surface area (Å²) in [5.74, 6) is 1.80. The van der Waals surface area contributed by atoms with E-state index in [1.165, 1.54) is 39.0 Å². The topological polar surface area (TPSA) is 6.48 Å². The molecule has 1 rings (SSSR count). The van der Waals surface area contributed by atoms with E-state index in [1.807, 2.05) is 0 Å². The third-order valence-corrected chi connectivity index (χ3v) is 3.02. The van der Waals surface area contributed by atoms with Crippen molar-refractivity contribution in [3.8, 4) is 0 Å². The fraction of sp³-hybridized carbons (Fsp3) is 1.00. The average molecular weight is 198 g/mol. The predicted octanol–water partition coefficient (Wildman–Crippen LogP) is 1.92. The van der Waals surface area contributed by atoms with Crippen LogP contribution >= 0.6 is 0 Å². The molecule has 0 aromatic carbocycles. The second-order valence-corrected chi connectivity index (χ2v) is 5.36. The summed E-state index contributed by atoms with van der Waals surface area (Å²) in [5.41, 5.74) is 0. The minimum Gasteiger partial charge on any atom is -0.309 e. The molecule has 2 nitrogen and oxygen atoms in total. The van der Waals surface area contributed by atoms with E-state index in [9.17, 15) is 0 Å². The maximum Gasteiger partial charge on any atom is 0.000725 e. The average Bonchev–Trinajstić information content (AvgIpc) is 2.01. The van der Waals surface area contributed by atoms with Crippen molar-refractivity contribution in [3.05, 3.63) is 0 Å². The molecule has 1 heterocycles. The quantitative estimate of drug-likeness (QED) is 0.681. The first-order valence-electron chi connectivity index (χ1n) is 5.95. The Labute approximate surface area is 89.3 Å². The lowest BCUT2D eigenvalue weighted by atomic mass is 9.92. The Balaban J connectivity index is 2.17. The van der Waals surface area contributed by atoms with Gasteiger partial charge in [0.2, 0.25) is 0 Å². The van der Waals surface area contributed by atoms with Crippen LogP contribution in [-0.2, 0) is 0 Å². The van der Waals surface area contributed by atoms with Crippen molar-refractivity contribution in [1.29, 1.82) is 0 Å². The largest absolute Gasteiger partial charge is 0.309 e. The van der Waals surface area contributed by atoms with Crippen molar-refractivity contribution in [3.63, 3.8) is 0 Å². The van der Waals surface area contributed by atoms with Gasteiger partial charge in [0.15, 0.2) is 0 Å². The van der Waals surface area contributed by atoms with Crippen LogP contribution in [0.5, 0.6) is 0 Å². The summed E-state index contributed by atoms with van der Waals surface area (Å²) < 4.78 is 0. The molecule has 2 unspecified atom stereocenters. The second kappa shape index (κ2) is 5.72. The number of hydrogen-bond donors (Lipinski definition) is 0. The van der Waals surface area contributed by atoms with Crippen LogP contribution in [0.1, 0.15) is 26.7 Å². The zero-order valence-corrected chi connectivity index (χ0v) is 10.3. The number of hydrogen-bond acceptors (Lipinski definition) is 2. The van der Waals surface area contributed by atoms with Gasteiger partial charge in [0, 0.05) is 13.1 Å². The van der Waals surface area contributed by atoms with Crippen LogP contribution in [0.2, 0.25) is 0 Å². The maximum atomic E-state index is 2.64. The van der Waals surface area contributed by atoms with Gasteiger partial charge in [-0.05, 0) is 51.9 Å². The van der Waals surface area contributed by atoms with Crippen molar-refractivity contribution in [2.24, 2.45) is 11.8 Å². The van der Waals surface area contributed by atoms with Crippen LogP contribution < -0.4 is 0 Å². The van der Waals surface area contributed by atoms with Gasteiger partial charge in [0.25, 0.3) is 0 Å². The monoisotopic (exact) mass is 198 g/mol. The minimum atomic E-state index is 0.901. The van der Waals surface area contributed by atoms with Gasteiger partial charge < -0.3 is 9.80 Å². The normalized spacial score (nSPS) is 29.8. The van der Waals surface area contributed by atoms with Gasteiger partial charge in [-0.2, -0.15) is 0 Å². The molecule has 1 fully saturated rings. The summed E-state index contributed by atoms with van der Waals surface area (Å²) in [6.07, 6.45) is 2.73. The lowest BCUT2D eigenvalue weighted by Crippen LogP contribution is -2.39. The van der Waals surface area contributed by atoms with Gasteiger partial charge in [-0.25, -0.2) is 0 Å². The van der Waals surface area contributed by atoms with Crippen LogP contribution in [0.3, 0.4) is 0 Å². The van der Waals surface area contributed by atoms with E-state index in [0.29, 0.717) is 0 Å². The molecule has 1 aliphatic rings. The standard InChI is InChI=1S/C12H26N2/c1-11-8-12(2)10-14(9-11)7-5-6-13(3)4/h11-12H,5-10H2,1-4H3. The van der Waals surface area contributed by atoms with Crippen molar-refractivity contribution in [2.45, 2.75) is 26.7 Å². The zero-order valence-electron chi connectivity index (χ0n) is 10.3. The lowest BCUT2D eigenvalue weighted by molar-refractivity contribution is 0.136. The molecule has 1 aliphatic heterocycles. The highest BCUT2D eigenvalue weighted by Gasteiger charge is 2.20. The fourth-order valence-electron chi connectivity index (χ4n) is 2.59. The van der Waals surface area contributed by atoms with Crippen LogP contribution in [0, 0.1) is 11.8 Å². The smallest absolute Gasteiger partial charge is 0.000725 e. The summed E-state index contributed by atoms with van der Waals surface area (Å²) in [4.78, 5) is 4.92. The molecule has 0 bridgehead atoms. The molecule has 14 heavy (non-hydrogen) atoms. The zero-order chi connectivity index (χ0) is 10.6. The Hall–Kier alpha value is -0.0800. The van der Waals surface area contributed by atoms with Gasteiger partial charge in [-0.1, -0.05) is 13.8 Å². The van der Waals surface area contributed by atoms with Crippen molar-refractivity contribution >= 4 is 0 Å². The Morgan fingerprint density at radius 3 is 2.21 bits per heavy atom.